The van der Waals surface area contributed by atoms with Crippen molar-refractivity contribution < 1.29 is 24.0 Å². The van der Waals surface area contributed by atoms with Gasteiger partial charge < -0.3 is 15.2 Å². The third kappa shape index (κ3) is 5.33. The maximum absolute atomic E-state index is 11.9. The summed E-state index contributed by atoms with van der Waals surface area (Å²) in [6.45, 7) is 3.29. The van der Waals surface area contributed by atoms with Gasteiger partial charge in [0.1, 0.15) is 11.4 Å². The molecule has 11 heteroatoms. The van der Waals surface area contributed by atoms with E-state index in [0.717, 1.165) is 11.1 Å². The second-order valence-electron chi connectivity index (χ2n) is 4.82. The number of ether oxygens (including phenoxy) is 2. The molecule has 0 atom stereocenters. The number of hydrogen-bond acceptors (Lipinski definition) is 9. The third-order valence-corrected chi connectivity index (χ3v) is 3.34. The van der Waals surface area contributed by atoms with Crippen molar-refractivity contribution in [2.75, 3.05) is 18.2 Å². The van der Waals surface area contributed by atoms with Crippen LogP contribution in [0.3, 0.4) is 0 Å². The van der Waals surface area contributed by atoms with Crippen molar-refractivity contribution in [2.24, 2.45) is 11.6 Å². The Balaban J connectivity index is 3.45. The number of hydrazine groups is 1. The Labute approximate surface area is 154 Å². The van der Waals surface area contributed by atoms with Crippen molar-refractivity contribution in [2.45, 2.75) is 20.3 Å². The van der Waals surface area contributed by atoms with Gasteiger partial charge in [-0.15, -0.1) is 0 Å². The zero-order chi connectivity index (χ0) is 19.9. The van der Waals surface area contributed by atoms with E-state index >= 15 is 0 Å². The standard InChI is InChI=1S/C15H19ClN4O6/c1-3-25-13(21)8-12(14(17)15(22)26-4-2)19(18)11-7-9(16)5-6-10(11)20(23)24/h5-7H,3-4,8,17-18H2,1-2H3/b14-12-. The molecule has 0 saturated heterocycles. The highest BCUT2D eigenvalue weighted by molar-refractivity contribution is 6.31. The van der Waals surface area contributed by atoms with Crippen molar-refractivity contribution in [3.05, 3.63) is 44.7 Å². The zero-order valence-electron chi connectivity index (χ0n) is 14.2. The largest absolute Gasteiger partial charge is 0.466 e. The number of carbonyl (C=O) groups is 2. The van der Waals surface area contributed by atoms with E-state index in [2.05, 4.69) is 0 Å². The molecule has 10 nitrogen and oxygen atoms in total. The summed E-state index contributed by atoms with van der Waals surface area (Å²) in [4.78, 5) is 34.4. The Kier molecular flexibility index (Phi) is 7.81. The van der Waals surface area contributed by atoms with Gasteiger partial charge in [0.15, 0.2) is 0 Å². The molecule has 1 aromatic carbocycles. The average Bonchev–Trinajstić information content (AvgIpc) is 2.58. The molecule has 26 heavy (non-hydrogen) atoms. The molecular weight excluding hydrogens is 368 g/mol. The number of nitrogens with two attached hydrogens (primary N) is 2. The Bertz CT molecular complexity index is 737. The molecule has 4 N–H and O–H groups in total. The smallest absolute Gasteiger partial charge is 0.356 e. The van der Waals surface area contributed by atoms with Gasteiger partial charge in [0.2, 0.25) is 0 Å². The summed E-state index contributed by atoms with van der Waals surface area (Å²) >= 11 is 5.88. The molecule has 0 amide bonds. The monoisotopic (exact) mass is 386 g/mol. The summed E-state index contributed by atoms with van der Waals surface area (Å²) in [5, 5.41) is 12.2. The van der Waals surface area contributed by atoms with Gasteiger partial charge in [-0.05, 0) is 26.0 Å². The highest BCUT2D eigenvalue weighted by Crippen LogP contribution is 2.32. The summed E-state index contributed by atoms with van der Waals surface area (Å²) in [7, 11) is 0. The van der Waals surface area contributed by atoms with E-state index in [1.165, 1.54) is 12.1 Å². The first-order valence-corrected chi connectivity index (χ1v) is 7.90. The van der Waals surface area contributed by atoms with Crippen molar-refractivity contribution in [3.8, 4) is 0 Å². The summed E-state index contributed by atoms with van der Waals surface area (Å²) in [6, 6.07) is 3.66. The molecule has 0 fully saturated rings. The predicted octanol–water partition coefficient (Wildman–Crippen LogP) is 1.61. The molecular formula is C15H19ClN4O6. The predicted molar refractivity (Wildman–Crippen MR) is 93.9 cm³/mol. The number of nitrogens with zero attached hydrogens (tertiary/aromatic N) is 2. The molecule has 0 unspecified atom stereocenters. The lowest BCUT2D eigenvalue weighted by atomic mass is 10.2. The van der Waals surface area contributed by atoms with Crippen LogP contribution < -0.4 is 16.6 Å². The van der Waals surface area contributed by atoms with Crippen molar-refractivity contribution in [1.29, 1.82) is 0 Å². The number of carbonyl (C=O) groups excluding carboxylic acids is 2. The first-order chi connectivity index (χ1) is 12.2. The normalized spacial score (nSPS) is 11.4. The van der Waals surface area contributed by atoms with E-state index in [1.54, 1.807) is 13.8 Å². The van der Waals surface area contributed by atoms with Gasteiger partial charge in [-0.1, -0.05) is 11.6 Å². The number of benzene rings is 1. The lowest BCUT2D eigenvalue weighted by molar-refractivity contribution is -0.384. The van der Waals surface area contributed by atoms with Crippen LogP contribution in [0.1, 0.15) is 20.3 Å². The maximum Gasteiger partial charge on any atom is 0.356 e. The fraction of sp³-hybridized carbons (Fsp3) is 0.333. The Morgan fingerprint density at radius 3 is 2.42 bits per heavy atom. The first-order valence-electron chi connectivity index (χ1n) is 7.53. The van der Waals surface area contributed by atoms with Crippen LogP contribution in [-0.4, -0.2) is 30.1 Å². The van der Waals surface area contributed by atoms with Crippen molar-refractivity contribution >= 4 is 34.9 Å². The van der Waals surface area contributed by atoms with Crippen LogP contribution in [0.4, 0.5) is 11.4 Å². The van der Waals surface area contributed by atoms with Gasteiger partial charge >= 0.3 is 11.9 Å². The van der Waals surface area contributed by atoms with Crippen LogP contribution in [0.25, 0.3) is 0 Å². The van der Waals surface area contributed by atoms with Crippen LogP contribution in [-0.2, 0) is 19.1 Å². The van der Waals surface area contributed by atoms with Gasteiger partial charge in [0.05, 0.1) is 30.3 Å². The molecule has 0 saturated carbocycles. The second-order valence-corrected chi connectivity index (χ2v) is 5.26. The topological polar surface area (TPSA) is 151 Å². The molecule has 1 rings (SSSR count). The number of rotatable bonds is 8. The number of nitro groups is 1. The molecule has 0 aliphatic carbocycles. The number of nitro benzene ring substituents is 1. The Morgan fingerprint density at radius 2 is 1.88 bits per heavy atom. The Morgan fingerprint density at radius 1 is 1.27 bits per heavy atom. The van der Waals surface area contributed by atoms with Gasteiger partial charge in [-0.2, -0.15) is 0 Å². The van der Waals surface area contributed by atoms with Crippen LogP contribution >= 0.6 is 11.6 Å². The van der Waals surface area contributed by atoms with Crippen LogP contribution in [0, 0.1) is 10.1 Å². The van der Waals surface area contributed by atoms with Gasteiger partial charge in [0, 0.05) is 11.1 Å². The lowest BCUT2D eigenvalue weighted by Crippen LogP contribution is -2.36. The van der Waals surface area contributed by atoms with Crippen LogP contribution in [0.15, 0.2) is 29.6 Å². The van der Waals surface area contributed by atoms with Crippen molar-refractivity contribution in [1.82, 2.24) is 0 Å². The molecule has 142 valence electrons. The highest BCUT2D eigenvalue weighted by Gasteiger charge is 2.26. The van der Waals surface area contributed by atoms with E-state index in [4.69, 9.17) is 32.7 Å². The minimum absolute atomic E-state index is 0.0358. The average molecular weight is 387 g/mol. The molecule has 0 spiro atoms. The fourth-order valence-corrected chi connectivity index (χ4v) is 2.14. The van der Waals surface area contributed by atoms with E-state index in [0.29, 0.717) is 0 Å². The first kappa shape index (κ1) is 21.2. The number of esters is 2. The summed E-state index contributed by atoms with van der Waals surface area (Å²) in [5.74, 6) is 4.29. The highest BCUT2D eigenvalue weighted by atomic mass is 35.5. The van der Waals surface area contributed by atoms with Gasteiger partial charge in [0.25, 0.3) is 5.69 Å². The van der Waals surface area contributed by atoms with Crippen LogP contribution in [0.5, 0.6) is 0 Å². The zero-order valence-corrected chi connectivity index (χ0v) is 15.0. The number of halogens is 1. The SMILES string of the molecule is CCOC(=O)C/C(=C(/N)C(=O)OCC)N(N)c1cc(Cl)ccc1[N+](=O)[O-]. The van der Waals surface area contributed by atoms with Crippen LogP contribution in [0.2, 0.25) is 5.02 Å². The summed E-state index contributed by atoms with van der Waals surface area (Å²) < 4.78 is 9.62. The van der Waals surface area contributed by atoms with Gasteiger partial charge in [-0.25, -0.2) is 10.6 Å². The maximum atomic E-state index is 11.9. The number of anilines is 1. The molecule has 1 aromatic rings. The third-order valence-electron chi connectivity index (χ3n) is 3.11. The quantitative estimate of drug-likeness (QED) is 0.223. The minimum atomic E-state index is -0.924. The molecule has 0 aliphatic rings. The molecule has 0 aliphatic heterocycles. The Hall–Kier alpha value is -2.85. The fourth-order valence-electron chi connectivity index (χ4n) is 1.97. The number of hydrogen-bond donors (Lipinski definition) is 2. The van der Waals surface area contributed by atoms with Gasteiger partial charge in [-0.3, -0.25) is 19.9 Å². The van der Waals surface area contributed by atoms with E-state index in [-0.39, 0.29) is 29.6 Å². The van der Waals surface area contributed by atoms with E-state index in [1.807, 2.05) is 0 Å². The molecule has 0 bridgehead atoms. The van der Waals surface area contributed by atoms with E-state index in [9.17, 15) is 19.7 Å². The lowest BCUT2D eigenvalue weighted by Gasteiger charge is -2.23. The summed E-state index contributed by atoms with van der Waals surface area (Å²) in [5.41, 5.74) is 4.52. The second kappa shape index (κ2) is 9.59. The minimum Gasteiger partial charge on any atom is -0.466 e. The molecule has 0 heterocycles. The van der Waals surface area contributed by atoms with Crippen molar-refractivity contribution in [3.63, 3.8) is 0 Å². The van der Waals surface area contributed by atoms with E-state index < -0.39 is 34.7 Å². The molecule has 0 aromatic heterocycles. The summed E-state index contributed by atoms with van der Waals surface area (Å²) in [6.07, 6.45) is -0.501. The molecule has 0 radical (unpaired) electrons.